The third kappa shape index (κ3) is 3.20. The van der Waals surface area contributed by atoms with E-state index in [1.807, 2.05) is 4.90 Å². The van der Waals surface area contributed by atoms with E-state index in [0.29, 0.717) is 5.82 Å². The van der Waals surface area contributed by atoms with Crippen LogP contribution in [-0.2, 0) is 4.74 Å². The van der Waals surface area contributed by atoms with Gasteiger partial charge < -0.3 is 9.64 Å². The summed E-state index contributed by atoms with van der Waals surface area (Å²) in [6.45, 7) is 1.59. The Bertz CT molecular complexity index is 635. The molecule has 2 aliphatic rings. The SMILES string of the molecule is COC(=O)c1cnc(N2CCCC3(CCCCC3)C2)c([N+](=O)[O-])c1. The van der Waals surface area contributed by atoms with Crippen molar-refractivity contribution in [3.05, 3.63) is 27.9 Å². The van der Waals surface area contributed by atoms with E-state index in [1.165, 1.54) is 57.9 Å². The third-order valence-electron chi connectivity index (χ3n) is 5.34. The van der Waals surface area contributed by atoms with Crippen LogP contribution in [0.1, 0.15) is 55.3 Å². The average molecular weight is 333 g/mol. The van der Waals surface area contributed by atoms with Crippen molar-refractivity contribution in [2.24, 2.45) is 5.41 Å². The fraction of sp³-hybridized carbons (Fsp3) is 0.647. The molecule has 0 unspecified atom stereocenters. The molecule has 24 heavy (non-hydrogen) atoms. The molecule has 0 radical (unpaired) electrons. The first-order chi connectivity index (χ1) is 11.5. The van der Waals surface area contributed by atoms with Gasteiger partial charge in [-0.15, -0.1) is 0 Å². The molecule has 2 heterocycles. The van der Waals surface area contributed by atoms with E-state index in [0.717, 1.165) is 19.5 Å². The van der Waals surface area contributed by atoms with Crippen LogP contribution in [0.15, 0.2) is 12.3 Å². The Morgan fingerprint density at radius 1 is 1.29 bits per heavy atom. The maximum absolute atomic E-state index is 11.6. The number of methoxy groups -OCH3 is 1. The predicted octanol–water partition coefficient (Wildman–Crippen LogP) is 3.33. The van der Waals surface area contributed by atoms with E-state index in [4.69, 9.17) is 0 Å². The Hall–Kier alpha value is -2.18. The van der Waals surface area contributed by atoms with Gasteiger partial charge in [0.2, 0.25) is 5.82 Å². The first kappa shape index (κ1) is 16.7. The second-order valence-electron chi connectivity index (χ2n) is 6.90. The molecule has 1 aromatic rings. The van der Waals surface area contributed by atoms with Gasteiger partial charge in [0.1, 0.15) is 0 Å². The van der Waals surface area contributed by atoms with Crippen molar-refractivity contribution in [3.63, 3.8) is 0 Å². The highest BCUT2D eigenvalue weighted by molar-refractivity contribution is 5.90. The second kappa shape index (κ2) is 6.75. The molecule has 0 N–H and O–H groups in total. The summed E-state index contributed by atoms with van der Waals surface area (Å²) < 4.78 is 4.63. The smallest absolute Gasteiger partial charge is 0.339 e. The van der Waals surface area contributed by atoms with E-state index in [1.54, 1.807) is 0 Å². The lowest BCUT2D eigenvalue weighted by atomic mass is 9.69. The zero-order chi connectivity index (χ0) is 17.2. The number of nitro groups is 1. The normalized spacial score (nSPS) is 20.0. The number of anilines is 1. The first-order valence-corrected chi connectivity index (χ1v) is 8.52. The van der Waals surface area contributed by atoms with Crippen LogP contribution >= 0.6 is 0 Å². The van der Waals surface area contributed by atoms with Crippen molar-refractivity contribution in [1.82, 2.24) is 4.98 Å². The molecular weight excluding hydrogens is 310 g/mol. The molecule has 0 amide bonds. The number of ether oxygens (including phenoxy) is 1. The summed E-state index contributed by atoms with van der Waals surface area (Å²) >= 11 is 0. The summed E-state index contributed by atoms with van der Waals surface area (Å²) in [5.41, 5.74) is 0.260. The van der Waals surface area contributed by atoms with Gasteiger partial charge in [-0.3, -0.25) is 10.1 Å². The molecule has 1 aliphatic heterocycles. The molecule has 1 spiro atoms. The summed E-state index contributed by atoms with van der Waals surface area (Å²) in [5, 5.41) is 11.5. The second-order valence-corrected chi connectivity index (χ2v) is 6.90. The van der Waals surface area contributed by atoms with Crippen molar-refractivity contribution in [3.8, 4) is 0 Å². The van der Waals surface area contributed by atoms with Crippen molar-refractivity contribution in [1.29, 1.82) is 0 Å². The zero-order valence-electron chi connectivity index (χ0n) is 14.0. The fourth-order valence-corrected chi connectivity index (χ4v) is 4.15. The standard InChI is InChI=1S/C17H23N3O4/c1-24-16(21)13-10-14(20(22)23)15(18-11-13)19-9-5-8-17(12-19)6-3-2-4-7-17/h10-11H,2-9,12H2,1H3. The molecular formula is C17H23N3O4. The summed E-state index contributed by atoms with van der Waals surface area (Å²) in [7, 11) is 1.25. The van der Waals surface area contributed by atoms with Crippen LogP contribution in [0.4, 0.5) is 11.5 Å². The van der Waals surface area contributed by atoms with Crippen LogP contribution in [0.2, 0.25) is 0 Å². The minimum Gasteiger partial charge on any atom is -0.465 e. The predicted molar refractivity (Wildman–Crippen MR) is 89.2 cm³/mol. The highest BCUT2D eigenvalue weighted by Crippen LogP contribution is 2.44. The molecule has 7 heteroatoms. The summed E-state index contributed by atoms with van der Waals surface area (Å²) in [6, 6.07) is 1.27. The van der Waals surface area contributed by atoms with Gasteiger partial charge in [-0.1, -0.05) is 19.3 Å². The Morgan fingerprint density at radius 3 is 2.67 bits per heavy atom. The minimum atomic E-state index is -0.612. The average Bonchev–Trinajstić information content (AvgIpc) is 2.61. The topological polar surface area (TPSA) is 85.6 Å². The lowest BCUT2D eigenvalue weighted by molar-refractivity contribution is -0.384. The highest BCUT2D eigenvalue weighted by Gasteiger charge is 2.38. The van der Waals surface area contributed by atoms with Crippen LogP contribution in [-0.4, -0.2) is 36.1 Å². The molecule has 7 nitrogen and oxygen atoms in total. The van der Waals surface area contributed by atoms with Gasteiger partial charge in [-0.25, -0.2) is 9.78 Å². The number of hydrogen-bond acceptors (Lipinski definition) is 6. The van der Waals surface area contributed by atoms with Crippen LogP contribution in [0, 0.1) is 15.5 Å². The van der Waals surface area contributed by atoms with E-state index in [-0.39, 0.29) is 16.7 Å². The van der Waals surface area contributed by atoms with Crippen LogP contribution in [0.5, 0.6) is 0 Å². The van der Waals surface area contributed by atoms with Crippen LogP contribution < -0.4 is 4.90 Å². The molecule has 0 bridgehead atoms. The number of rotatable bonds is 3. The molecule has 0 aromatic carbocycles. The fourth-order valence-electron chi connectivity index (χ4n) is 4.15. The highest BCUT2D eigenvalue weighted by atomic mass is 16.6. The van der Waals surface area contributed by atoms with Gasteiger partial charge >= 0.3 is 11.7 Å². The van der Waals surface area contributed by atoms with Crippen molar-refractivity contribution < 1.29 is 14.5 Å². The lowest BCUT2D eigenvalue weighted by Crippen LogP contribution is -2.45. The van der Waals surface area contributed by atoms with Gasteiger partial charge in [-0.2, -0.15) is 0 Å². The molecule has 2 fully saturated rings. The summed E-state index contributed by atoms with van der Waals surface area (Å²) in [6.07, 6.45) is 9.74. The lowest BCUT2D eigenvalue weighted by Gasteiger charge is -2.45. The maximum Gasteiger partial charge on any atom is 0.339 e. The van der Waals surface area contributed by atoms with Crippen molar-refractivity contribution in [2.75, 3.05) is 25.1 Å². The van der Waals surface area contributed by atoms with Gasteiger partial charge in [0.25, 0.3) is 0 Å². The third-order valence-corrected chi connectivity index (χ3v) is 5.34. The van der Waals surface area contributed by atoms with Crippen molar-refractivity contribution in [2.45, 2.75) is 44.9 Å². The van der Waals surface area contributed by atoms with Gasteiger partial charge in [0, 0.05) is 25.4 Å². The van der Waals surface area contributed by atoms with E-state index in [2.05, 4.69) is 9.72 Å². The van der Waals surface area contributed by atoms with E-state index < -0.39 is 10.9 Å². The number of esters is 1. The minimum absolute atomic E-state index is 0.109. The number of piperidine rings is 1. The Morgan fingerprint density at radius 2 is 2.00 bits per heavy atom. The largest absolute Gasteiger partial charge is 0.465 e. The summed E-state index contributed by atoms with van der Waals surface area (Å²) in [4.78, 5) is 28.9. The molecule has 1 aliphatic carbocycles. The molecule has 1 aromatic heterocycles. The first-order valence-electron chi connectivity index (χ1n) is 8.52. The van der Waals surface area contributed by atoms with Gasteiger partial charge in [0.15, 0.2) is 0 Å². The number of carbonyl (C=O) groups excluding carboxylic acids is 1. The monoisotopic (exact) mass is 333 g/mol. The maximum atomic E-state index is 11.6. The Balaban J connectivity index is 1.90. The molecule has 3 rings (SSSR count). The Labute approximate surface area is 141 Å². The van der Waals surface area contributed by atoms with Gasteiger partial charge in [-0.05, 0) is 31.1 Å². The summed E-state index contributed by atoms with van der Waals surface area (Å²) in [5.74, 6) is -0.239. The van der Waals surface area contributed by atoms with Gasteiger partial charge in [0.05, 0.1) is 17.6 Å². The quantitative estimate of drug-likeness (QED) is 0.479. The van der Waals surface area contributed by atoms with E-state index >= 15 is 0 Å². The molecule has 1 saturated heterocycles. The number of hydrogen-bond donors (Lipinski definition) is 0. The number of carbonyl (C=O) groups is 1. The molecule has 0 atom stereocenters. The number of aromatic nitrogens is 1. The van der Waals surface area contributed by atoms with Crippen LogP contribution in [0.3, 0.4) is 0 Å². The van der Waals surface area contributed by atoms with E-state index in [9.17, 15) is 14.9 Å². The Kier molecular flexibility index (Phi) is 4.69. The molecule has 130 valence electrons. The molecule has 1 saturated carbocycles. The number of pyridine rings is 1. The van der Waals surface area contributed by atoms with Crippen molar-refractivity contribution >= 4 is 17.5 Å². The zero-order valence-corrected chi connectivity index (χ0v) is 14.0. The number of nitrogens with zero attached hydrogens (tertiary/aromatic N) is 3. The van der Waals surface area contributed by atoms with Crippen LogP contribution in [0.25, 0.3) is 0 Å².